The number of hydrogen-bond donors (Lipinski definition) is 2. The van der Waals surface area contributed by atoms with Gasteiger partial charge in [0.1, 0.15) is 0 Å². The van der Waals surface area contributed by atoms with E-state index in [0.717, 1.165) is 13.0 Å². The largest absolute Gasteiger partial charge is 0.359 e. The van der Waals surface area contributed by atoms with Gasteiger partial charge in [-0.1, -0.05) is 0 Å². The Morgan fingerprint density at radius 1 is 1.29 bits per heavy atom. The van der Waals surface area contributed by atoms with E-state index in [1.54, 1.807) is 12.4 Å². The van der Waals surface area contributed by atoms with Crippen LogP contribution in [-0.4, -0.2) is 28.4 Å². The van der Waals surface area contributed by atoms with Gasteiger partial charge in [0.15, 0.2) is 5.13 Å². The summed E-state index contributed by atoms with van der Waals surface area (Å²) in [5, 5.41) is 7.63. The maximum atomic E-state index is 11.8. The average Bonchev–Trinajstić information content (AvgIpc) is 3.11. The van der Waals surface area contributed by atoms with Gasteiger partial charge in [-0.3, -0.25) is 9.59 Å². The first-order valence-electron chi connectivity index (χ1n) is 6.73. The van der Waals surface area contributed by atoms with Gasteiger partial charge in [-0.2, -0.15) is 0 Å². The Bertz CT molecular complexity index is 592. The van der Waals surface area contributed by atoms with Gasteiger partial charge in [-0.05, 0) is 18.6 Å². The minimum atomic E-state index is -0.0927. The second-order valence-electron chi connectivity index (χ2n) is 4.57. The molecule has 0 saturated carbocycles. The van der Waals surface area contributed by atoms with Gasteiger partial charge in [0.05, 0.1) is 12.1 Å². The first-order valence-corrected chi connectivity index (χ1v) is 7.61. The predicted octanol–water partition coefficient (Wildman–Crippen LogP) is 1.65. The van der Waals surface area contributed by atoms with Crippen LogP contribution in [0, 0.1) is 0 Å². The van der Waals surface area contributed by atoms with Crippen molar-refractivity contribution in [2.45, 2.75) is 25.8 Å². The van der Waals surface area contributed by atoms with Crippen LogP contribution in [0.4, 0.5) is 5.13 Å². The third-order valence-electron chi connectivity index (χ3n) is 2.90. The quantitative estimate of drug-likeness (QED) is 0.816. The molecule has 0 atom stereocenters. The molecule has 0 radical (unpaired) electrons. The van der Waals surface area contributed by atoms with Crippen LogP contribution in [0.3, 0.4) is 0 Å². The molecule has 0 unspecified atom stereocenters. The lowest BCUT2D eigenvalue weighted by Crippen LogP contribution is -2.20. The van der Waals surface area contributed by atoms with Crippen molar-refractivity contribution in [1.82, 2.24) is 14.9 Å². The Morgan fingerprint density at radius 2 is 2.05 bits per heavy atom. The number of aryl methyl sites for hydroxylation is 1. The van der Waals surface area contributed by atoms with Crippen LogP contribution in [0.15, 0.2) is 29.9 Å². The minimum absolute atomic E-state index is 0.0528. The summed E-state index contributed by atoms with van der Waals surface area (Å²) in [5.41, 5.74) is 0.669. The van der Waals surface area contributed by atoms with E-state index in [9.17, 15) is 9.59 Å². The lowest BCUT2D eigenvalue weighted by atomic mass is 10.3. The fourth-order valence-corrected chi connectivity index (χ4v) is 2.55. The molecule has 2 heterocycles. The molecule has 2 aromatic heterocycles. The molecule has 7 heteroatoms. The van der Waals surface area contributed by atoms with Crippen molar-refractivity contribution in [1.29, 1.82) is 0 Å². The van der Waals surface area contributed by atoms with E-state index in [4.69, 9.17) is 0 Å². The lowest BCUT2D eigenvalue weighted by Gasteiger charge is -2.03. The van der Waals surface area contributed by atoms with E-state index >= 15 is 0 Å². The Morgan fingerprint density at radius 3 is 2.76 bits per heavy atom. The van der Waals surface area contributed by atoms with Gasteiger partial charge in [0.2, 0.25) is 11.8 Å². The maximum Gasteiger partial charge on any atom is 0.226 e. The van der Waals surface area contributed by atoms with E-state index in [2.05, 4.69) is 15.6 Å². The molecule has 112 valence electrons. The smallest absolute Gasteiger partial charge is 0.226 e. The summed E-state index contributed by atoms with van der Waals surface area (Å²) >= 11 is 1.33. The van der Waals surface area contributed by atoms with E-state index < -0.39 is 0 Å². The van der Waals surface area contributed by atoms with Crippen LogP contribution in [-0.2, 0) is 22.6 Å². The molecule has 2 amide bonds. The molecule has 0 aliphatic rings. The zero-order valence-electron chi connectivity index (χ0n) is 11.8. The normalized spacial score (nSPS) is 10.3. The predicted molar refractivity (Wildman–Crippen MR) is 82.2 cm³/mol. The Balaban J connectivity index is 1.73. The number of hydrogen-bond acceptors (Lipinski definition) is 4. The molecule has 0 saturated heterocycles. The van der Waals surface area contributed by atoms with Crippen molar-refractivity contribution in [2.24, 2.45) is 0 Å². The second-order valence-corrected chi connectivity index (χ2v) is 5.42. The summed E-state index contributed by atoms with van der Waals surface area (Å²) in [7, 11) is 1.59. The van der Waals surface area contributed by atoms with Gasteiger partial charge in [0, 0.05) is 37.8 Å². The zero-order chi connectivity index (χ0) is 15.1. The van der Waals surface area contributed by atoms with Crippen LogP contribution >= 0.6 is 11.3 Å². The zero-order valence-corrected chi connectivity index (χ0v) is 12.7. The van der Waals surface area contributed by atoms with Gasteiger partial charge >= 0.3 is 0 Å². The highest BCUT2D eigenvalue weighted by atomic mass is 32.1. The maximum absolute atomic E-state index is 11.8. The van der Waals surface area contributed by atoms with Gasteiger partial charge in [0.25, 0.3) is 0 Å². The van der Waals surface area contributed by atoms with Crippen molar-refractivity contribution in [3.63, 3.8) is 0 Å². The first-order chi connectivity index (χ1) is 10.2. The van der Waals surface area contributed by atoms with Crippen LogP contribution in [0.2, 0.25) is 0 Å². The Hall–Kier alpha value is -2.15. The van der Waals surface area contributed by atoms with Gasteiger partial charge in [-0.25, -0.2) is 4.98 Å². The number of amides is 2. The second kappa shape index (κ2) is 7.58. The number of carbonyl (C=O) groups is 2. The van der Waals surface area contributed by atoms with Crippen molar-refractivity contribution < 1.29 is 9.59 Å². The highest BCUT2D eigenvalue weighted by molar-refractivity contribution is 7.13. The number of nitrogens with one attached hydrogen (secondary N) is 2. The molecule has 2 rings (SSSR count). The minimum Gasteiger partial charge on any atom is -0.359 e. The molecule has 2 aromatic rings. The lowest BCUT2D eigenvalue weighted by molar-refractivity contribution is -0.120. The Kier molecular flexibility index (Phi) is 5.51. The number of thiazole rings is 1. The summed E-state index contributed by atoms with van der Waals surface area (Å²) < 4.78 is 2.04. The van der Waals surface area contributed by atoms with Crippen LogP contribution in [0.25, 0.3) is 0 Å². The fraction of sp³-hybridized carbons (Fsp3) is 0.357. The van der Waals surface area contributed by atoms with Crippen molar-refractivity contribution in [2.75, 3.05) is 12.4 Å². The summed E-state index contributed by atoms with van der Waals surface area (Å²) in [4.78, 5) is 27.2. The number of carbonyl (C=O) groups excluding carboxylic acids is 2. The Labute approximate surface area is 127 Å². The molecule has 0 bridgehead atoms. The van der Waals surface area contributed by atoms with Crippen molar-refractivity contribution in [3.8, 4) is 0 Å². The van der Waals surface area contributed by atoms with E-state index in [1.165, 1.54) is 11.3 Å². The summed E-state index contributed by atoms with van der Waals surface area (Å²) in [5.74, 6) is -0.145. The van der Waals surface area contributed by atoms with Crippen molar-refractivity contribution in [3.05, 3.63) is 35.6 Å². The summed E-state index contributed by atoms with van der Waals surface area (Å²) in [6, 6.07) is 3.92. The summed E-state index contributed by atoms with van der Waals surface area (Å²) in [6.45, 7) is 0.820. The van der Waals surface area contributed by atoms with E-state index in [-0.39, 0.29) is 18.2 Å². The number of likely N-dealkylation sites (N-methyl/N-ethyl adjacent to an activating group) is 1. The SMILES string of the molecule is CNC(=O)Cc1csc(NC(=O)CCCn2cccc2)n1. The van der Waals surface area contributed by atoms with Crippen LogP contribution in [0.1, 0.15) is 18.5 Å². The molecular formula is C14H18N4O2S. The molecule has 0 aliphatic carbocycles. The molecule has 21 heavy (non-hydrogen) atoms. The highest BCUT2D eigenvalue weighted by Crippen LogP contribution is 2.16. The highest BCUT2D eigenvalue weighted by Gasteiger charge is 2.09. The molecule has 0 aromatic carbocycles. The van der Waals surface area contributed by atoms with Crippen molar-refractivity contribution >= 4 is 28.3 Å². The topological polar surface area (TPSA) is 76.0 Å². The third kappa shape index (κ3) is 5.03. The number of anilines is 1. The van der Waals surface area contributed by atoms with Gasteiger partial charge < -0.3 is 15.2 Å². The van der Waals surface area contributed by atoms with Crippen LogP contribution in [0.5, 0.6) is 0 Å². The standard InChI is InChI=1S/C14H18N4O2S/c1-15-13(20)9-11-10-21-14(16-11)17-12(19)5-4-8-18-6-2-3-7-18/h2-3,6-7,10H,4-5,8-9H2,1H3,(H,15,20)(H,16,17,19). The van der Waals surface area contributed by atoms with Crippen LogP contribution < -0.4 is 10.6 Å². The van der Waals surface area contributed by atoms with E-state index in [0.29, 0.717) is 17.2 Å². The molecule has 0 aliphatic heterocycles. The first kappa shape index (κ1) is 15.2. The van der Waals surface area contributed by atoms with Gasteiger partial charge in [-0.15, -0.1) is 11.3 Å². The monoisotopic (exact) mass is 306 g/mol. The number of aromatic nitrogens is 2. The molecule has 0 fully saturated rings. The average molecular weight is 306 g/mol. The van der Waals surface area contributed by atoms with E-state index in [1.807, 2.05) is 29.1 Å². The third-order valence-corrected chi connectivity index (χ3v) is 3.71. The molecule has 2 N–H and O–H groups in total. The molecular weight excluding hydrogens is 288 g/mol. The molecule has 0 spiro atoms. The fourth-order valence-electron chi connectivity index (χ4n) is 1.82. The number of rotatable bonds is 7. The number of nitrogens with zero attached hydrogens (tertiary/aromatic N) is 2. The molecule has 6 nitrogen and oxygen atoms in total. The summed E-state index contributed by atoms with van der Waals surface area (Å²) in [6.07, 6.45) is 5.41.